The van der Waals surface area contributed by atoms with Crippen molar-refractivity contribution < 1.29 is 23.9 Å². The highest BCUT2D eigenvalue weighted by Gasteiger charge is 2.64. The first-order valence-electron chi connectivity index (χ1n) is 22.9. The third-order valence-corrected chi connectivity index (χ3v) is 15.4. The van der Waals surface area contributed by atoms with E-state index in [2.05, 4.69) is 82.3 Å². The number of amides is 4. The topological polar surface area (TPSA) is 171 Å². The molecule has 3 aromatic carbocycles. The van der Waals surface area contributed by atoms with E-state index in [0.29, 0.717) is 64.3 Å². The van der Waals surface area contributed by atoms with Crippen molar-refractivity contribution in [2.45, 2.75) is 103 Å². The summed E-state index contributed by atoms with van der Waals surface area (Å²) in [5, 5.41) is 16.0. The fourth-order valence-electron chi connectivity index (χ4n) is 12.3. The number of nitrogens with one attached hydrogen (secondary N) is 3. The Morgan fingerprint density at radius 1 is 0.844 bits per heavy atom. The van der Waals surface area contributed by atoms with Crippen LogP contribution in [0.25, 0.3) is 10.9 Å². The zero-order chi connectivity index (χ0) is 44.7. The Morgan fingerprint density at radius 2 is 1.55 bits per heavy atom. The summed E-state index contributed by atoms with van der Waals surface area (Å²) in [4.78, 5) is 75.3. The molecular weight excluding hydrogens is 809 g/mol. The number of piperidine rings is 2. The number of H-pyrrole nitrogens is 1. The maximum atomic E-state index is 13.8. The van der Waals surface area contributed by atoms with Gasteiger partial charge in [-0.25, -0.2) is 0 Å². The molecule has 4 aromatic rings. The molecule has 3 N–H and O–H groups in total. The molecule has 3 unspecified atom stereocenters. The molecule has 332 valence electrons. The quantitative estimate of drug-likeness (QED) is 0.187. The van der Waals surface area contributed by atoms with Gasteiger partial charge in [0, 0.05) is 109 Å². The third-order valence-electron chi connectivity index (χ3n) is 15.4. The van der Waals surface area contributed by atoms with Gasteiger partial charge in [-0.1, -0.05) is 27.7 Å². The van der Waals surface area contributed by atoms with Crippen molar-refractivity contribution in [2.24, 2.45) is 16.7 Å². The highest BCUT2D eigenvalue weighted by Crippen LogP contribution is 2.56. The summed E-state index contributed by atoms with van der Waals surface area (Å²) in [6, 6.07) is 23.1. The molecule has 1 saturated carbocycles. The molecule has 4 amide bonds. The van der Waals surface area contributed by atoms with Crippen molar-refractivity contribution in [1.82, 2.24) is 25.4 Å². The van der Waals surface area contributed by atoms with E-state index in [1.807, 2.05) is 24.3 Å². The van der Waals surface area contributed by atoms with Crippen LogP contribution < -0.4 is 30.7 Å². The molecule has 5 fully saturated rings. The van der Waals surface area contributed by atoms with Crippen LogP contribution in [0, 0.1) is 28.1 Å². The minimum absolute atomic E-state index is 0.115. The molecule has 1 aromatic heterocycles. The Kier molecular flexibility index (Phi) is 10.3. The minimum atomic E-state index is -0.605. The molecule has 64 heavy (non-hydrogen) atoms. The number of anilines is 2. The summed E-state index contributed by atoms with van der Waals surface area (Å²) in [5.41, 5.74) is 4.22. The molecule has 4 saturated heterocycles. The molecule has 0 spiro atoms. The number of hydrogen-bond acceptors (Lipinski definition) is 10. The SMILES string of the molecule is CC1(C)C(NC(=O)c2ccc(N3CC4CCC(C3)N4CC3CCN(c4ccc5c(c4)CN(C4CCC(=O)NC4=O)C5=O)CC3)cc2)C(C)(C)C1Oc1ccc(C#N)c2[nH]c(=O)ccc12. The first-order chi connectivity index (χ1) is 30.7. The Morgan fingerprint density at radius 3 is 2.23 bits per heavy atom. The number of ether oxygens (including phenoxy) is 1. The summed E-state index contributed by atoms with van der Waals surface area (Å²) in [6.45, 7) is 13.8. The van der Waals surface area contributed by atoms with Crippen LogP contribution in [0.5, 0.6) is 5.75 Å². The molecule has 6 aliphatic rings. The lowest BCUT2D eigenvalue weighted by molar-refractivity contribution is -0.163. The van der Waals surface area contributed by atoms with Gasteiger partial charge in [-0.3, -0.25) is 34.2 Å². The number of aromatic amines is 1. The number of hydrogen-bond donors (Lipinski definition) is 3. The van der Waals surface area contributed by atoms with Crippen LogP contribution in [0.15, 0.2) is 71.5 Å². The van der Waals surface area contributed by atoms with E-state index in [-0.39, 0.29) is 47.8 Å². The van der Waals surface area contributed by atoms with Crippen molar-refractivity contribution in [3.05, 3.63) is 99.3 Å². The number of carbonyl (C=O) groups is 4. The Bertz CT molecular complexity index is 2630. The number of piperazine rings is 1. The number of nitrogens with zero attached hydrogens (tertiary/aromatic N) is 5. The van der Waals surface area contributed by atoms with Gasteiger partial charge in [0.15, 0.2) is 0 Å². The predicted molar refractivity (Wildman–Crippen MR) is 242 cm³/mol. The highest BCUT2D eigenvalue weighted by molar-refractivity contribution is 6.05. The monoisotopic (exact) mass is 864 g/mol. The zero-order valence-electron chi connectivity index (χ0n) is 37.0. The molecule has 6 heterocycles. The van der Waals surface area contributed by atoms with E-state index in [9.17, 15) is 29.2 Å². The fraction of sp³-hybridized carbons (Fsp3) is 0.480. The standard InChI is InChI=1S/C50H56N8O6/c1-49(2)47(50(3,4)48(49)64-40-16-7-31(24-51)43-38(40)14-17-41(59)52-43)54-44(61)30-5-8-33(9-6-30)56-27-35-10-11-36(28-56)57(35)25-29-19-21-55(22-20-29)34-12-13-37-32(23-34)26-58(46(37)63)39-15-18-42(60)53-45(39)62/h5-9,12-14,16-17,23,29,35-36,39,47-48H,10-11,15,18-22,25-28H2,1-4H3,(H,52,59)(H,54,61)(H,53,60,62). The number of imide groups is 1. The highest BCUT2D eigenvalue weighted by atomic mass is 16.5. The average molecular weight is 865 g/mol. The van der Waals surface area contributed by atoms with Crippen LogP contribution in [0.1, 0.15) is 98.1 Å². The number of benzene rings is 3. The molecule has 2 bridgehead atoms. The smallest absolute Gasteiger partial charge is 0.255 e. The summed E-state index contributed by atoms with van der Waals surface area (Å²) in [5.74, 6) is 0.295. The summed E-state index contributed by atoms with van der Waals surface area (Å²) < 4.78 is 6.65. The summed E-state index contributed by atoms with van der Waals surface area (Å²) >= 11 is 0. The molecule has 14 heteroatoms. The second-order valence-corrected chi connectivity index (χ2v) is 20.1. The van der Waals surface area contributed by atoms with Crippen molar-refractivity contribution in [3.8, 4) is 11.8 Å². The average Bonchev–Trinajstić information content (AvgIpc) is 3.72. The number of aromatic nitrogens is 1. The van der Waals surface area contributed by atoms with E-state index < -0.39 is 16.9 Å². The molecule has 3 atom stereocenters. The van der Waals surface area contributed by atoms with Gasteiger partial charge in [0.2, 0.25) is 17.4 Å². The van der Waals surface area contributed by atoms with Gasteiger partial charge >= 0.3 is 0 Å². The summed E-state index contributed by atoms with van der Waals surface area (Å²) in [7, 11) is 0. The van der Waals surface area contributed by atoms with Crippen LogP contribution in [0.4, 0.5) is 11.4 Å². The maximum Gasteiger partial charge on any atom is 0.255 e. The molecule has 0 radical (unpaired) electrons. The molecule has 5 aliphatic heterocycles. The van der Waals surface area contributed by atoms with Gasteiger partial charge < -0.3 is 29.7 Å². The van der Waals surface area contributed by atoms with E-state index in [1.165, 1.54) is 18.9 Å². The maximum absolute atomic E-state index is 13.8. The van der Waals surface area contributed by atoms with Crippen molar-refractivity contribution in [2.75, 3.05) is 42.5 Å². The van der Waals surface area contributed by atoms with Gasteiger partial charge in [-0.15, -0.1) is 0 Å². The van der Waals surface area contributed by atoms with Gasteiger partial charge in [0.1, 0.15) is 24.0 Å². The van der Waals surface area contributed by atoms with Crippen molar-refractivity contribution >= 4 is 45.9 Å². The zero-order valence-corrected chi connectivity index (χ0v) is 37.0. The van der Waals surface area contributed by atoms with Crippen molar-refractivity contribution in [1.29, 1.82) is 5.26 Å². The minimum Gasteiger partial charge on any atom is -0.488 e. The summed E-state index contributed by atoms with van der Waals surface area (Å²) in [6.07, 6.45) is 4.99. The van der Waals surface area contributed by atoms with Crippen LogP contribution in [-0.4, -0.2) is 101 Å². The number of carbonyl (C=O) groups excluding carboxylic acids is 4. The number of nitriles is 1. The van der Waals surface area contributed by atoms with Crippen LogP contribution in [0.3, 0.4) is 0 Å². The van der Waals surface area contributed by atoms with Gasteiger partial charge in [0.05, 0.1) is 11.1 Å². The molecule has 14 nitrogen and oxygen atoms in total. The first kappa shape index (κ1) is 41.8. The molecule has 1 aliphatic carbocycles. The van der Waals surface area contributed by atoms with Gasteiger partial charge in [0.25, 0.3) is 11.8 Å². The lowest BCUT2D eigenvalue weighted by Gasteiger charge is -2.63. The second kappa shape index (κ2) is 15.8. The molecular formula is C50H56N8O6. The second-order valence-electron chi connectivity index (χ2n) is 20.1. The van der Waals surface area contributed by atoms with Crippen LogP contribution in [0.2, 0.25) is 0 Å². The Balaban J connectivity index is 0.715. The Hall–Kier alpha value is -6.20. The number of fused-ring (bicyclic) bond motifs is 4. The van der Waals surface area contributed by atoms with E-state index in [0.717, 1.165) is 62.5 Å². The lowest BCUT2D eigenvalue weighted by Crippen LogP contribution is -2.74. The lowest BCUT2D eigenvalue weighted by atomic mass is 9.49. The van der Waals surface area contributed by atoms with Gasteiger partial charge in [-0.2, -0.15) is 5.26 Å². The van der Waals surface area contributed by atoms with Crippen molar-refractivity contribution in [3.63, 3.8) is 0 Å². The third kappa shape index (κ3) is 7.18. The van der Waals surface area contributed by atoms with Crippen LogP contribution >= 0.6 is 0 Å². The number of pyridine rings is 1. The van der Waals surface area contributed by atoms with Gasteiger partial charge in [-0.05, 0) is 104 Å². The largest absolute Gasteiger partial charge is 0.488 e. The fourth-order valence-corrected chi connectivity index (χ4v) is 12.3. The van der Waals surface area contributed by atoms with Crippen LogP contribution in [-0.2, 0) is 16.1 Å². The predicted octanol–water partition coefficient (Wildman–Crippen LogP) is 5.34. The first-order valence-corrected chi connectivity index (χ1v) is 22.9. The van der Waals surface area contributed by atoms with E-state index >= 15 is 0 Å². The molecule has 10 rings (SSSR count). The Labute approximate surface area is 372 Å². The number of rotatable bonds is 9. The van der Waals surface area contributed by atoms with E-state index in [4.69, 9.17) is 4.74 Å². The van der Waals surface area contributed by atoms with E-state index in [1.54, 1.807) is 23.1 Å². The normalized spacial score (nSPS) is 26.3.